The van der Waals surface area contributed by atoms with Crippen LogP contribution in [0.3, 0.4) is 0 Å². The van der Waals surface area contributed by atoms with Gasteiger partial charge in [0.1, 0.15) is 5.82 Å². The van der Waals surface area contributed by atoms with Crippen LogP contribution in [0.25, 0.3) is 0 Å². The predicted molar refractivity (Wildman–Crippen MR) is 70.6 cm³/mol. The summed E-state index contributed by atoms with van der Waals surface area (Å²) >= 11 is 1.47. The van der Waals surface area contributed by atoms with Crippen LogP contribution in [0.2, 0.25) is 0 Å². The van der Waals surface area contributed by atoms with Crippen LogP contribution < -0.4 is 21.9 Å². The largest absolute Gasteiger partial charge is 0.329 e. The Balaban J connectivity index is 2.30. The number of aromatic amines is 1. The van der Waals surface area contributed by atoms with Crippen molar-refractivity contribution in [3.05, 3.63) is 48.8 Å². The molecule has 0 fully saturated rings. The van der Waals surface area contributed by atoms with Crippen molar-refractivity contribution in [2.24, 2.45) is 7.05 Å². The molecule has 7 nitrogen and oxygen atoms in total. The maximum Gasteiger partial charge on any atom is 0.329 e. The third kappa shape index (κ3) is 1.76. The quantitative estimate of drug-likeness (QED) is 0.702. The van der Waals surface area contributed by atoms with Crippen LogP contribution >= 0.6 is 11.3 Å². The first-order valence-corrected chi connectivity index (χ1v) is 6.45. The van der Waals surface area contributed by atoms with Gasteiger partial charge in [0.15, 0.2) is 0 Å². The third-order valence-electron chi connectivity index (χ3n) is 3.03. The Bertz CT molecular complexity index is 759. The minimum absolute atomic E-state index is 0.230. The van der Waals surface area contributed by atoms with Crippen molar-refractivity contribution in [2.45, 2.75) is 6.04 Å². The van der Waals surface area contributed by atoms with Gasteiger partial charge >= 0.3 is 11.7 Å². The van der Waals surface area contributed by atoms with E-state index in [0.717, 1.165) is 5.56 Å². The van der Waals surface area contributed by atoms with Crippen molar-refractivity contribution in [3.8, 4) is 0 Å². The number of nitrogens with zero attached hydrogens (tertiary/aromatic N) is 1. The predicted octanol–water partition coefficient (Wildman–Crippen LogP) is 0.360. The van der Waals surface area contributed by atoms with Gasteiger partial charge in [0.2, 0.25) is 0 Å². The SMILES string of the molecule is Cn1c2c(c(=O)[nH]c1=O)C(c1ccsc1)NC(=O)N2. The molecule has 0 aliphatic carbocycles. The molecule has 1 aliphatic rings. The fraction of sp³-hybridized carbons (Fsp3) is 0.182. The standard InChI is InChI=1S/C11H10N4O3S/c1-15-8-6(9(16)14-11(15)18)7(12-10(17)13-8)5-2-3-19-4-5/h2-4,7H,1H3,(H2,12,13,17)(H,14,16,18). The molecule has 1 unspecified atom stereocenters. The summed E-state index contributed by atoms with van der Waals surface area (Å²) in [6, 6.07) is 0.838. The van der Waals surface area contributed by atoms with Gasteiger partial charge in [-0.1, -0.05) is 0 Å². The number of aromatic nitrogens is 2. The van der Waals surface area contributed by atoms with E-state index in [0.29, 0.717) is 5.56 Å². The highest BCUT2D eigenvalue weighted by atomic mass is 32.1. The first-order valence-electron chi connectivity index (χ1n) is 5.50. The highest BCUT2D eigenvalue weighted by Gasteiger charge is 2.30. The Morgan fingerprint density at radius 1 is 1.32 bits per heavy atom. The maximum absolute atomic E-state index is 12.0. The van der Waals surface area contributed by atoms with Gasteiger partial charge < -0.3 is 5.32 Å². The van der Waals surface area contributed by atoms with Gasteiger partial charge in [0.25, 0.3) is 5.56 Å². The number of anilines is 1. The van der Waals surface area contributed by atoms with E-state index in [1.54, 1.807) is 0 Å². The van der Waals surface area contributed by atoms with E-state index in [1.807, 2.05) is 16.8 Å². The monoisotopic (exact) mass is 278 g/mol. The summed E-state index contributed by atoms with van der Waals surface area (Å²) in [7, 11) is 1.49. The van der Waals surface area contributed by atoms with Crippen molar-refractivity contribution in [2.75, 3.05) is 5.32 Å². The van der Waals surface area contributed by atoms with Gasteiger partial charge in [0.05, 0.1) is 11.6 Å². The number of hydrogen-bond acceptors (Lipinski definition) is 4. The summed E-state index contributed by atoms with van der Waals surface area (Å²) in [4.78, 5) is 37.4. The topological polar surface area (TPSA) is 96.0 Å². The van der Waals surface area contributed by atoms with Crippen LogP contribution in [0, 0.1) is 0 Å². The molecule has 8 heteroatoms. The number of rotatable bonds is 1. The number of urea groups is 1. The molecule has 0 aromatic carbocycles. The van der Waals surface area contributed by atoms with E-state index in [9.17, 15) is 14.4 Å². The summed E-state index contributed by atoms with van der Waals surface area (Å²) in [5.41, 5.74) is 0.0853. The Labute approximate surface area is 110 Å². The zero-order valence-electron chi connectivity index (χ0n) is 9.89. The van der Waals surface area contributed by atoms with Crippen molar-refractivity contribution in [3.63, 3.8) is 0 Å². The molecule has 0 spiro atoms. The molecule has 0 radical (unpaired) electrons. The minimum atomic E-state index is -0.560. The lowest BCUT2D eigenvalue weighted by Gasteiger charge is -2.26. The molecule has 1 aliphatic heterocycles. The van der Waals surface area contributed by atoms with Gasteiger partial charge in [-0.2, -0.15) is 11.3 Å². The molecule has 3 rings (SSSR count). The van der Waals surface area contributed by atoms with Crippen molar-refractivity contribution in [1.29, 1.82) is 0 Å². The molecule has 2 amide bonds. The van der Waals surface area contributed by atoms with E-state index in [-0.39, 0.29) is 5.82 Å². The van der Waals surface area contributed by atoms with E-state index < -0.39 is 23.3 Å². The minimum Gasteiger partial charge on any atom is -0.327 e. The summed E-state index contributed by atoms with van der Waals surface area (Å²) in [6.45, 7) is 0. The normalized spacial score (nSPS) is 17.5. The number of H-pyrrole nitrogens is 1. The van der Waals surface area contributed by atoms with E-state index in [4.69, 9.17) is 0 Å². The fourth-order valence-corrected chi connectivity index (χ4v) is 2.78. The lowest BCUT2D eigenvalue weighted by atomic mass is 10.0. The number of carbonyl (C=O) groups is 1. The first kappa shape index (κ1) is 11.7. The molecule has 3 N–H and O–H groups in total. The molecule has 0 saturated carbocycles. The third-order valence-corrected chi connectivity index (χ3v) is 3.73. The van der Waals surface area contributed by atoms with Crippen molar-refractivity contribution < 1.29 is 4.79 Å². The van der Waals surface area contributed by atoms with E-state index >= 15 is 0 Å². The second-order valence-electron chi connectivity index (χ2n) is 4.17. The number of nitrogens with one attached hydrogen (secondary N) is 3. The maximum atomic E-state index is 12.0. The smallest absolute Gasteiger partial charge is 0.327 e. The number of hydrogen-bond donors (Lipinski definition) is 3. The zero-order valence-corrected chi connectivity index (χ0v) is 10.7. The molecule has 3 heterocycles. The van der Waals surface area contributed by atoms with Crippen LogP contribution in [0.5, 0.6) is 0 Å². The van der Waals surface area contributed by atoms with Gasteiger partial charge in [-0.3, -0.25) is 19.7 Å². The zero-order chi connectivity index (χ0) is 13.6. The van der Waals surface area contributed by atoms with Crippen LogP contribution in [-0.2, 0) is 7.05 Å². The van der Waals surface area contributed by atoms with Crippen LogP contribution in [0.15, 0.2) is 26.4 Å². The molecule has 98 valence electrons. The van der Waals surface area contributed by atoms with Gasteiger partial charge in [-0.05, 0) is 22.4 Å². The highest BCUT2D eigenvalue weighted by Crippen LogP contribution is 2.28. The molecule has 2 aromatic heterocycles. The molecule has 19 heavy (non-hydrogen) atoms. The van der Waals surface area contributed by atoms with E-state index in [2.05, 4.69) is 15.6 Å². The molecular formula is C11H10N4O3S. The molecule has 0 bridgehead atoms. The van der Waals surface area contributed by atoms with Gasteiger partial charge in [-0.15, -0.1) is 0 Å². The van der Waals surface area contributed by atoms with Crippen LogP contribution in [-0.4, -0.2) is 15.6 Å². The Morgan fingerprint density at radius 3 is 2.79 bits per heavy atom. The summed E-state index contributed by atoms with van der Waals surface area (Å²) in [5.74, 6) is 0.230. The number of amides is 2. The van der Waals surface area contributed by atoms with Gasteiger partial charge in [0, 0.05) is 7.05 Å². The van der Waals surface area contributed by atoms with Gasteiger partial charge in [-0.25, -0.2) is 9.59 Å². The molecule has 1 atom stereocenters. The van der Waals surface area contributed by atoms with E-state index in [1.165, 1.54) is 23.0 Å². The summed E-state index contributed by atoms with van der Waals surface area (Å²) in [5, 5.41) is 8.89. The molecular weight excluding hydrogens is 268 g/mol. The van der Waals surface area contributed by atoms with Crippen molar-refractivity contribution >= 4 is 23.2 Å². The number of thiophene rings is 1. The summed E-state index contributed by atoms with van der Waals surface area (Å²) < 4.78 is 1.22. The lowest BCUT2D eigenvalue weighted by Crippen LogP contribution is -2.46. The van der Waals surface area contributed by atoms with Crippen LogP contribution in [0.4, 0.5) is 10.6 Å². The summed E-state index contributed by atoms with van der Waals surface area (Å²) in [6.07, 6.45) is 0. The highest BCUT2D eigenvalue weighted by molar-refractivity contribution is 7.08. The Hall–Kier alpha value is -2.35. The van der Waals surface area contributed by atoms with Crippen LogP contribution in [0.1, 0.15) is 17.2 Å². The average molecular weight is 278 g/mol. The number of fused-ring (bicyclic) bond motifs is 1. The Kier molecular flexibility index (Phi) is 2.53. The molecule has 0 saturated heterocycles. The fourth-order valence-electron chi connectivity index (χ4n) is 2.09. The average Bonchev–Trinajstić information content (AvgIpc) is 2.88. The number of carbonyl (C=O) groups excluding carboxylic acids is 1. The second kappa shape index (κ2) is 4.09. The lowest BCUT2D eigenvalue weighted by molar-refractivity contribution is 0.248. The second-order valence-corrected chi connectivity index (χ2v) is 4.95. The Morgan fingerprint density at radius 2 is 2.11 bits per heavy atom. The first-order chi connectivity index (χ1) is 9.08. The van der Waals surface area contributed by atoms with Crippen molar-refractivity contribution in [1.82, 2.24) is 14.9 Å². The molecule has 2 aromatic rings.